The molecule has 0 saturated carbocycles. The molecule has 2 aromatic heterocycles. The van der Waals surface area contributed by atoms with Crippen molar-refractivity contribution in [2.24, 2.45) is 0 Å². The molecule has 2 amide bonds. The smallest absolute Gasteiger partial charge is 0.314 e. The van der Waals surface area contributed by atoms with E-state index < -0.39 is 0 Å². The number of hydrogen-bond donors (Lipinski definition) is 3. The highest BCUT2D eigenvalue weighted by molar-refractivity contribution is 6.35. The summed E-state index contributed by atoms with van der Waals surface area (Å²) < 4.78 is 5.56. The Labute approximate surface area is 168 Å². The molecule has 1 atom stereocenters. The molecule has 0 bridgehead atoms. The molecule has 2 aromatic rings. The van der Waals surface area contributed by atoms with Gasteiger partial charge in [0.1, 0.15) is 11.6 Å². The maximum atomic E-state index is 12.1. The van der Waals surface area contributed by atoms with Crippen molar-refractivity contribution in [3.63, 3.8) is 0 Å². The number of likely N-dealkylation sites (tertiary alicyclic amines) is 1. The molecule has 1 unspecified atom stereocenters. The standard InChI is InChI=1S/C18H23Cl2N5O2/c19-13-10-14(20)17(23-11-13)21-5-6-22-18(26)24-12-15(16-4-3-9-27-16)25-7-1-2-8-25/h3-4,9-11,15H,1-2,5-8,12H2,(H,21,23)(H2,22,24,26). The van der Waals surface area contributed by atoms with E-state index in [0.29, 0.717) is 35.5 Å². The Balaban J connectivity index is 1.40. The molecule has 0 radical (unpaired) electrons. The number of pyridine rings is 1. The number of carbonyl (C=O) groups excluding carboxylic acids is 1. The summed E-state index contributed by atoms with van der Waals surface area (Å²) in [6.07, 6.45) is 5.54. The molecule has 7 nitrogen and oxygen atoms in total. The second-order valence-corrected chi connectivity index (χ2v) is 7.17. The fraction of sp³-hybridized carbons (Fsp3) is 0.444. The van der Waals surface area contributed by atoms with Gasteiger partial charge < -0.3 is 20.4 Å². The second kappa shape index (κ2) is 9.82. The number of amides is 2. The second-order valence-electron chi connectivity index (χ2n) is 6.32. The zero-order valence-corrected chi connectivity index (χ0v) is 16.4. The van der Waals surface area contributed by atoms with Crippen LogP contribution in [0.25, 0.3) is 0 Å². The highest BCUT2D eigenvalue weighted by atomic mass is 35.5. The number of aromatic nitrogens is 1. The van der Waals surface area contributed by atoms with Crippen LogP contribution in [0.3, 0.4) is 0 Å². The van der Waals surface area contributed by atoms with Crippen molar-refractivity contribution in [3.05, 3.63) is 46.5 Å². The van der Waals surface area contributed by atoms with Crippen molar-refractivity contribution in [2.75, 3.05) is 38.0 Å². The highest BCUT2D eigenvalue weighted by Crippen LogP contribution is 2.25. The summed E-state index contributed by atoms with van der Waals surface area (Å²) in [4.78, 5) is 18.5. The van der Waals surface area contributed by atoms with E-state index in [1.165, 1.54) is 19.0 Å². The monoisotopic (exact) mass is 411 g/mol. The average molecular weight is 412 g/mol. The molecule has 27 heavy (non-hydrogen) atoms. The van der Waals surface area contributed by atoms with E-state index in [1.807, 2.05) is 12.1 Å². The Morgan fingerprint density at radius 2 is 2.07 bits per heavy atom. The minimum atomic E-state index is -0.220. The van der Waals surface area contributed by atoms with Gasteiger partial charge in [-0.1, -0.05) is 23.2 Å². The lowest BCUT2D eigenvalue weighted by molar-refractivity contribution is 0.203. The quantitative estimate of drug-likeness (QED) is 0.578. The molecular formula is C18H23Cl2N5O2. The van der Waals surface area contributed by atoms with E-state index in [-0.39, 0.29) is 12.1 Å². The van der Waals surface area contributed by atoms with Gasteiger partial charge in [0.05, 0.1) is 22.4 Å². The molecular weight excluding hydrogens is 389 g/mol. The maximum absolute atomic E-state index is 12.1. The lowest BCUT2D eigenvalue weighted by Gasteiger charge is -2.26. The van der Waals surface area contributed by atoms with Crippen molar-refractivity contribution in [2.45, 2.75) is 18.9 Å². The van der Waals surface area contributed by atoms with Gasteiger partial charge in [0.15, 0.2) is 0 Å². The van der Waals surface area contributed by atoms with E-state index in [4.69, 9.17) is 27.6 Å². The normalized spacial score (nSPS) is 15.5. The van der Waals surface area contributed by atoms with Crippen molar-refractivity contribution < 1.29 is 9.21 Å². The molecule has 0 aromatic carbocycles. The molecule has 3 heterocycles. The van der Waals surface area contributed by atoms with Crippen LogP contribution in [0.1, 0.15) is 24.6 Å². The van der Waals surface area contributed by atoms with Crippen molar-refractivity contribution in [1.82, 2.24) is 20.5 Å². The summed E-state index contributed by atoms with van der Waals surface area (Å²) in [5.74, 6) is 1.41. The number of hydrogen-bond acceptors (Lipinski definition) is 5. The summed E-state index contributed by atoms with van der Waals surface area (Å²) in [7, 11) is 0. The third kappa shape index (κ3) is 5.76. The first-order chi connectivity index (χ1) is 13.1. The fourth-order valence-corrected chi connectivity index (χ4v) is 3.54. The van der Waals surface area contributed by atoms with Crippen molar-refractivity contribution in [1.29, 1.82) is 0 Å². The number of carbonyl (C=O) groups is 1. The minimum Gasteiger partial charge on any atom is -0.468 e. The third-order valence-electron chi connectivity index (χ3n) is 4.42. The van der Waals surface area contributed by atoms with E-state index in [1.54, 1.807) is 12.3 Å². The van der Waals surface area contributed by atoms with Gasteiger partial charge in [0.2, 0.25) is 0 Å². The van der Waals surface area contributed by atoms with Crippen molar-refractivity contribution in [3.8, 4) is 0 Å². The first-order valence-corrected chi connectivity index (χ1v) is 9.73. The lowest BCUT2D eigenvalue weighted by atomic mass is 10.2. The van der Waals surface area contributed by atoms with Crippen LogP contribution in [0.2, 0.25) is 10.0 Å². The zero-order chi connectivity index (χ0) is 19.1. The lowest BCUT2D eigenvalue weighted by Crippen LogP contribution is -2.42. The number of halogens is 2. The average Bonchev–Trinajstić information content (AvgIpc) is 3.35. The predicted molar refractivity (Wildman–Crippen MR) is 106 cm³/mol. The molecule has 9 heteroatoms. The van der Waals surface area contributed by atoms with Gasteiger partial charge in [-0.05, 0) is 44.1 Å². The van der Waals surface area contributed by atoms with Crippen LogP contribution in [0, 0.1) is 0 Å². The van der Waals surface area contributed by atoms with Crippen LogP contribution in [0.15, 0.2) is 35.1 Å². The Morgan fingerprint density at radius 1 is 1.26 bits per heavy atom. The molecule has 0 aliphatic carbocycles. The van der Waals surface area contributed by atoms with Crippen molar-refractivity contribution >= 4 is 35.1 Å². The predicted octanol–water partition coefficient (Wildman–Crippen LogP) is 3.53. The largest absolute Gasteiger partial charge is 0.468 e. The summed E-state index contributed by atoms with van der Waals surface area (Å²) in [6, 6.07) is 5.28. The number of rotatable bonds is 8. The van der Waals surface area contributed by atoms with Gasteiger partial charge in [-0.15, -0.1) is 0 Å². The molecule has 1 aliphatic rings. The number of anilines is 1. The first kappa shape index (κ1) is 19.8. The summed E-state index contributed by atoms with van der Waals surface area (Å²) in [5, 5.41) is 9.73. The number of urea groups is 1. The van der Waals surface area contributed by atoms with E-state index in [2.05, 4.69) is 25.8 Å². The summed E-state index contributed by atoms with van der Waals surface area (Å²) >= 11 is 11.9. The van der Waals surface area contributed by atoms with Crippen LogP contribution >= 0.6 is 23.2 Å². The number of nitrogens with zero attached hydrogens (tertiary/aromatic N) is 2. The Hall–Kier alpha value is -1.96. The fourth-order valence-electron chi connectivity index (χ4n) is 3.10. The molecule has 3 rings (SSSR count). The Morgan fingerprint density at radius 3 is 2.78 bits per heavy atom. The van der Waals surface area contributed by atoms with E-state index in [0.717, 1.165) is 18.8 Å². The Kier molecular flexibility index (Phi) is 7.20. The van der Waals surface area contributed by atoms with E-state index >= 15 is 0 Å². The Bertz CT molecular complexity index is 735. The molecule has 1 saturated heterocycles. The molecule has 3 N–H and O–H groups in total. The SMILES string of the molecule is O=C(NCCNc1ncc(Cl)cc1Cl)NCC(c1ccco1)N1CCCC1. The summed E-state index contributed by atoms with van der Waals surface area (Å²) in [6.45, 7) is 3.47. The number of nitrogens with one attached hydrogen (secondary N) is 3. The van der Waals surface area contributed by atoms with Gasteiger partial charge >= 0.3 is 6.03 Å². The molecule has 146 valence electrons. The summed E-state index contributed by atoms with van der Waals surface area (Å²) in [5.41, 5.74) is 0. The van der Waals surface area contributed by atoms with Crippen LogP contribution in [0.4, 0.5) is 10.6 Å². The van der Waals surface area contributed by atoms with Crippen LogP contribution in [-0.4, -0.2) is 48.6 Å². The first-order valence-electron chi connectivity index (χ1n) is 8.97. The third-order valence-corrected chi connectivity index (χ3v) is 4.91. The zero-order valence-electron chi connectivity index (χ0n) is 14.9. The topological polar surface area (TPSA) is 82.4 Å². The maximum Gasteiger partial charge on any atom is 0.314 e. The van der Waals surface area contributed by atoms with Gasteiger partial charge in [-0.2, -0.15) is 0 Å². The highest BCUT2D eigenvalue weighted by Gasteiger charge is 2.25. The van der Waals surface area contributed by atoms with Gasteiger partial charge in [0.25, 0.3) is 0 Å². The van der Waals surface area contributed by atoms with Gasteiger partial charge in [0, 0.05) is 25.8 Å². The van der Waals surface area contributed by atoms with Gasteiger partial charge in [-0.25, -0.2) is 9.78 Å². The van der Waals surface area contributed by atoms with Gasteiger partial charge in [-0.3, -0.25) is 4.90 Å². The number of furan rings is 1. The van der Waals surface area contributed by atoms with E-state index in [9.17, 15) is 4.79 Å². The molecule has 0 spiro atoms. The van der Waals surface area contributed by atoms with Crippen LogP contribution < -0.4 is 16.0 Å². The van der Waals surface area contributed by atoms with Crippen LogP contribution in [0.5, 0.6) is 0 Å². The minimum absolute atomic E-state index is 0.0587. The molecule has 1 aliphatic heterocycles. The van der Waals surface area contributed by atoms with Crippen LogP contribution in [-0.2, 0) is 0 Å². The molecule has 1 fully saturated rings.